The summed E-state index contributed by atoms with van der Waals surface area (Å²) in [5, 5.41) is 9.28. The minimum atomic E-state index is -0.500. The maximum Gasteiger partial charge on any atom is 0.263 e. The summed E-state index contributed by atoms with van der Waals surface area (Å²) in [5.41, 5.74) is 1.20. The van der Waals surface area contributed by atoms with Crippen molar-refractivity contribution in [3.8, 4) is 5.75 Å². The third-order valence-electron chi connectivity index (χ3n) is 4.27. The molecule has 1 fully saturated rings. The third-order valence-corrected chi connectivity index (χ3v) is 4.27. The van der Waals surface area contributed by atoms with Crippen molar-refractivity contribution >= 4 is 5.91 Å². The molecule has 2 atom stereocenters. The molecular weight excluding hydrogens is 278 g/mol. The molecule has 1 heterocycles. The summed E-state index contributed by atoms with van der Waals surface area (Å²) in [4.78, 5) is 14.3. The number of hydrogen-bond donors (Lipinski definition) is 1. The summed E-state index contributed by atoms with van der Waals surface area (Å²) >= 11 is 0. The Hall–Kier alpha value is -1.55. The Kier molecular flexibility index (Phi) is 5.83. The highest BCUT2D eigenvalue weighted by Gasteiger charge is 2.27. The third kappa shape index (κ3) is 4.23. The van der Waals surface area contributed by atoms with Crippen molar-refractivity contribution in [2.24, 2.45) is 5.92 Å². The Morgan fingerprint density at radius 1 is 1.41 bits per heavy atom. The minimum Gasteiger partial charge on any atom is -0.481 e. The smallest absolute Gasteiger partial charge is 0.263 e. The monoisotopic (exact) mass is 305 g/mol. The molecule has 1 aliphatic rings. The van der Waals surface area contributed by atoms with Gasteiger partial charge in [-0.25, -0.2) is 0 Å². The molecule has 22 heavy (non-hydrogen) atoms. The molecule has 0 spiro atoms. The van der Waals surface area contributed by atoms with Gasteiger partial charge < -0.3 is 14.7 Å². The molecule has 4 nitrogen and oxygen atoms in total. The van der Waals surface area contributed by atoms with E-state index in [0.717, 1.165) is 25.1 Å². The first-order valence-corrected chi connectivity index (χ1v) is 8.17. The zero-order chi connectivity index (χ0) is 16.1. The van der Waals surface area contributed by atoms with Gasteiger partial charge in [0.1, 0.15) is 5.75 Å². The lowest BCUT2D eigenvalue weighted by Gasteiger charge is -2.33. The number of carbonyl (C=O) groups excluding carboxylic acids is 1. The van der Waals surface area contributed by atoms with Crippen LogP contribution >= 0.6 is 0 Å². The largest absolute Gasteiger partial charge is 0.481 e. The molecule has 0 bridgehead atoms. The second-order valence-electron chi connectivity index (χ2n) is 6.46. The summed E-state index contributed by atoms with van der Waals surface area (Å²) < 4.78 is 5.84. The van der Waals surface area contributed by atoms with Gasteiger partial charge in [-0.05, 0) is 49.3 Å². The normalized spacial score (nSPS) is 20.0. The predicted octanol–water partition coefficient (Wildman–Crippen LogP) is 2.81. The number of likely N-dealkylation sites (tertiary alicyclic amines) is 1. The SMILES string of the molecule is CC(Oc1cccc(C(C)C)c1)C(=O)N1CCCC(CO)C1. The maximum absolute atomic E-state index is 12.5. The number of amides is 1. The van der Waals surface area contributed by atoms with E-state index in [0.29, 0.717) is 12.5 Å². The van der Waals surface area contributed by atoms with Crippen molar-refractivity contribution in [1.29, 1.82) is 0 Å². The van der Waals surface area contributed by atoms with E-state index in [2.05, 4.69) is 19.9 Å². The molecule has 2 unspecified atom stereocenters. The van der Waals surface area contributed by atoms with Gasteiger partial charge in [0.05, 0.1) is 0 Å². The number of carbonyl (C=O) groups is 1. The van der Waals surface area contributed by atoms with Gasteiger partial charge in [-0.2, -0.15) is 0 Å². The van der Waals surface area contributed by atoms with Crippen LogP contribution in [0.3, 0.4) is 0 Å². The number of piperidine rings is 1. The molecule has 0 radical (unpaired) electrons. The molecule has 1 aromatic rings. The number of aliphatic hydroxyl groups is 1. The summed E-state index contributed by atoms with van der Waals surface area (Å²) in [6.45, 7) is 7.61. The van der Waals surface area contributed by atoms with Crippen LogP contribution in [-0.4, -0.2) is 41.7 Å². The van der Waals surface area contributed by atoms with Gasteiger partial charge in [0.15, 0.2) is 6.10 Å². The molecule has 1 aliphatic heterocycles. The van der Waals surface area contributed by atoms with Gasteiger partial charge in [-0.1, -0.05) is 26.0 Å². The van der Waals surface area contributed by atoms with Crippen molar-refractivity contribution in [2.75, 3.05) is 19.7 Å². The van der Waals surface area contributed by atoms with Crippen LogP contribution in [0.5, 0.6) is 5.75 Å². The van der Waals surface area contributed by atoms with E-state index in [1.54, 1.807) is 6.92 Å². The summed E-state index contributed by atoms with van der Waals surface area (Å²) in [6.07, 6.45) is 1.44. The molecule has 1 N–H and O–H groups in total. The highest BCUT2D eigenvalue weighted by molar-refractivity contribution is 5.81. The molecule has 1 saturated heterocycles. The summed E-state index contributed by atoms with van der Waals surface area (Å²) in [5.74, 6) is 1.38. The lowest BCUT2D eigenvalue weighted by Crippen LogP contribution is -2.46. The van der Waals surface area contributed by atoms with Crippen LogP contribution in [0.15, 0.2) is 24.3 Å². The quantitative estimate of drug-likeness (QED) is 0.910. The molecule has 4 heteroatoms. The molecule has 0 aliphatic carbocycles. The first kappa shape index (κ1) is 16.8. The van der Waals surface area contributed by atoms with E-state index >= 15 is 0 Å². The Morgan fingerprint density at radius 2 is 2.18 bits per heavy atom. The van der Waals surface area contributed by atoms with E-state index < -0.39 is 6.10 Å². The van der Waals surface area contributed by atoms with E-state index in [4.69, 9.17) is 4.74 Å². The molecule has 1 aromatic carbocycles. The van der Waals surface area contributed by atoms with E-state index in [1.165, 1.54) is 5.56 Å². The van der Waals surface area contributed by atoms with Gasteiger partial charge in [0.2, 0.25) is 0 Å². The molecule has 2 rings (SSSR count). The van der Waals surface area contributed by atoms with Crippen LogP contribution in [0.2, 0.25) is 0 Å². The van der Waals surface area contributed by atoms with E-state index in [9.17, 15) is 9.90 Å². The number of benzene rings is 1. The van der Waals surface area contributed by atoms with Crippen LogP contribution in [-0.2, 0) is 4.79 Å². The molecule has 122 valence electrons. The zero-order valence-corrected chi connectivity index (χ0v) is 13.8. The molecular formula is C18H27NO3. The van der Waals surface area contributed by atoms with Gasteiger partial charge >= 0.3 is 0 Å². The highest BCUT2D eigenvalue weighted by atomic mass is 16.5. The van der Waals surface area contributed by atoms with Crippen LogP contribution in [0, 0.1) is 5.92 Å². The number of aliphatic hydroxyl groups excluding tert-OH is 1. The van der Waals surface area contributed by atoms with Crippen molar-refractivity contribution < 1.29 is 14.6 Å². The van der Waals surface area contributed by atoms with Gasteiger partial charge in [-0.15, -0.1) is 0 Å². The standard InChI is InChI=1S/C18H27NO3/c1-13(2)16-7-4-8-17(10-16)22-14(3)18(21)19-9-5-6-15(11-19)12-20/h4,7-8,10,13-15,20H,5-6,9,11-12H2,1-3H3. The zero-order valence-electron chi connectivity index (χ0n) is 13.8. The lowest BCUT2D eigenvalue weighted by molar-refractivity contribution is -0.140. The van der Waals surface area contributed by atoms with Crippen molar-refractivity contribution in [3.63, 3.8) is 0 Å². The van der Waals surface area contributed by atoms with Gasteiger partial charge in [0, 0.05) is 19.7 Å². The van der Waals surface area contributed by atoms with Gasteiger partial charge in [-0.3, -0.25) is 4.79 Å². The Labute approximate surface area is 133 Å². The fourth-order valence-electron chi connectivity index (χ4n) is 2.87. The number of ether oxygens (including phenoxy) is 1. The summed E-state index contributed by atoms with van der Waals surface area (Å²) in [7, 11) is 0. The minimum absolute atomic E-state index is 0.00750. The first-order chi connectivity index (χ1) is 10.5. The van der Waals surface area contributed by atoms with Crippen LogP contribution in [0.1, 0.15) is 45.1 Å². The van der Waals surface area contributed by atoms with E-state index in [-0.39, 0.29) is 18.4 Å². The average molecular weight is 305 g/mol. The van der Waals surface area contributed by atoms with Crippen LogP contribution in [0.25, 0.3) is 0 Å². The predicted molar refractivity (Wildman–Crippen MR) is 87.0 cm³/mol. The Bertz CT molecular complexity index is 501. The molecule has 0 aromatic heterocycles. The number of nitrogens with zero attached hydrogens (tertiary/aromatic N) is 1. The number of hydrogen-bond acceptors (Lipinski definition) is 3. The topological polar surface area (TPSA) is 49.8 Å². The lowest BCUT2D eigenvalue weighted by atomic mass is 9.98. The Balaban J connectivity index is 1.97. The highest BCUT2D eigenvalue weighted by Crippen LogP contribution is 2.22. The van der Waals surface area contributed by atoms with Crippen molar-refractivity contribution in [2.45, 2.75) is 45.6 Å². The first-order valence-electron chi connectivity index (χ1n) is 8.17. The maximum atomic E-state index is 12.5. The van der Waals surface area contributed by atoms with Crippen molar-refractivity contribution in [1.82, 2.24) is 4.90 Å². The molecule has 1 amide bonds. The fraction of sp³-hybridized carbons (Fsp3) is 0.611. The van der Waals surface area contributed by atoms with Gasteiger partial charge in [0.25, 0.3) is 5.91 Å². The second-order valence-corrected chi connectivity index (χ2v) is 6.46. The van der Waals surface area contributed by atoms with Crippen molar-refractivity contribution in [3.05, 3.63) is 29.8 Å². The van der Waals surface area contributed by atoms with Crippen LogP contribution < -0.4 is 4.74 Å². The molecule has 0 saturated carbocycles. The van der Waals surface area contributed by atoms with Crippen LogP contribution in [0.4, 0.5) is 0 Å². The second kappa shape index (κ2) is 7.63. The Morgan fingerprint density at radius 3 is 2.86 bits per heavy atom. The fourth-order valence-corrected chi connectivity index (χ4v) is 2.87. The number of rotatable bonds is 5. The summed E-state index contributed by atoms with van der Waals surface area (Å²) in [6, 6.07) is 7.93. The average Bonchev–Trinajstić information content (AvgIpc) is 2.54. The van der Waals surface area contributed by atoms with E-state index in [1.807, 2.05) is 23.1 Å².